The zero-order valence-corrected chi connectivity index (χ0v) is 9.72. The summed E-state index contributed by atoms with van der Waals surface area (Å²) in [5.74, 6) is 0.789. The molecular formula is C12H15N3O2. The van der Waals surface area contributed by atoms with E-state index >= 15 is 0 Å². The normalized spacial score (nSPS) is 14.9. The van der Waals surface area contributed by atoms with Gasteiger partial charge in [-0.2, -0.15) is 0 Å². The molecule has 0 saturated heterocycles. The first-order valence-corrected chi connectivity index (χ1v) is 5.57. The SMILES string of the molecule is COC(=O)CNc1cc(C2CC=CC2)ncn1. The summed E-state index contributed by atoms with van der Waals surface area (Å²) in [6, 6.07) is 1.89. The van der Waals surface area contributed by atoms with Gasteiger partial charge < -0.3 is 10.1 Å². The highest BCUT2D eigenvalue weighted by Crippen LogP contribution is 2.28. The molecule has 1 N–H and O–H groups in total. The molecule has 1 aliphatic carbocycles. The van der Waals surface area contributed by atoms with Crippen LogP contribution < -0.4 is 5.32 Å². The first-order chi connectivity index (χ1) is 8.29. The van der Waals surface area contributed by atoms with Gasteiger partial charge in [-0.25, -0.2) is 9.97 Å². The molecule has 0 bridgehead atoms. The van der Waals surface area contributed by atoms with Crippen LogP contribution in [0, 0.1) is 0 Å². The van der Waals surface area contributed by atoms with Crippen LogP contribution >= 0.6 is 0 Å². The Labute approximate surface area is 99.9 Å². The first-order valence-electron chi connectivity index (χ1n) is 5.57. The fourth-order valence-electron chi connectivity index (χ4n) is 1.79. The molecule has 0 aromatic carbocycles. The van der Waals surface area contributed by atoms with Gasteiger partial charge in [-0.05, 0) is 12.8 Å². The quantitative estimate of drug-likeness (QED) is 0.630. The van der Waals surface area contributed by atoms with Gasteiger partial charge >= 0.3 is 5.97 Å². The van der Waals surface area contributed by atoms with E-state index in [2.05, 4.69) is 32.2 Å². The van der Waals surface area contributed by atoms with Crippen molar-refractivity contribution >= 4 is 11.8 Å². The van der Waals surface area contributed by atoms with E-state index in [9.17, 15) is 4.79 Å². The molecule has 0 saturated carbocycles. The summed E-state index contributed by atoms with van der Waals surface area (Å²) < 4.78 is 4.55. The highest BCUT2D eigenvalue weighted by molar-refractivity contribution is 5.74. The molecular weight excluding hydrogens is 218 g/mol. The van der Waals surface area contributed by atoms with Crippen molar-refractivity contribution in [3.8, 4) is 0 Å². The fourth-order valence-corrected chi connectivity index (χ4v) is 1.79. The Morgan fingerprint density at radius 2 is 2.24 bits per heavy atom. The molecule has 0 radical (unpaired) electrons. The lowest BCUT2D eigenvalue weighted by molar-refractivity contribution is -0.138. The van der Waals surface area contributed by atoms with E-state index in [1.807, 2.05) is 6.07 Å². The van der Waals surface area contributed by atoms with Crippen LogP contribution in [0.1, 0.15) is 24.5 Å². The molecule has 90 valence electrons. The van der Waals surface area contributed by atoms with Gasteiger partial charge in [0.05, 0.1) is 7.11 Å². The minimum absolute atomic E-state index is 0.121. The topological polar surface area (TPSA) is 64.1 Å². The molecule has 0 amide bonds. The number of hydrogen-bond donors (Lipinski definition) is 1. The molecule has 0 fully saturated rings. The predicted molar refractivity (Wildman–Crippen MR) is 63.7 cm³/mol. The summed E-state index contributed by atoms with van der Waals surface area (Å²) in [7, 11) is 1.36. The highest BCUT2D eigenvalue weighted by atomic mass is 16.5. The maximum Gasteiger partial charge on any atom is 0.325 e. The van der Waals surface area contributed by atoms with Crippen LogP contribution in [0.3, 0.4) is 0 Å². The summed E-state index contributed by atoms with van der Waals surface area (Å²) in [5, 5.41) is 2.91. The number of allylic oxidation sites excluding steroid dienone is 2. The molecule has 0 atom stereocenters. The Morgan fingerprint density at radius 3 is 2.94 bits per heavy atom. The number of aromatic nitrogens is 2. The molecule has 1 aliphatic rings. The number of anilines is 1. The number of rotatable bonds is 4. The van der Waals surface area contributed by atoms with E-state index in [-0.39, 0.29) is 12.5 Å². The molecule has 1 heterocycles. The maximum absolute atomic E-state index is 11.0. The Balaban J connectivity index is 1.98. The summed E-state index contributed by atoms with van der Waals surface area (Å²) in [6.07, 6.45) is 7.89. The lowest BCUT2D eigenvalue weighted by atomic mass is 10.0. The van der Waals surface area contributed by atoms with Gasteiger partial charge in [0.15, 0.2) is 0 Å². The number of nitrogens with one attached hydrogen (secondary N) is 1. The average Bonchev–Trinajstić information content (AvgIpc) is 2.90. The van der Waals surface area contributed by atoms with Crippen molar-refractivity contribution in [1.29, 1.82) is 0 Å². The van der Waals surface area contributed by atoms with Gasteiger partial charge in [-0.3, -0.25) is 4.79 Å². The summed E-state index contributed by atoms with van der Waals surface area (Å²) in [4.78, 5) is 19.3. The third-order valence-electron chi connectivity index (χ3n) is 2.76. The van der Waals surface area contributed by atoms with Crippen molar-refractivity contribution in [3.63, 3.8) is 0 Å². The molecule has 2 rings (SSSR count). The molecule has 5 heteroatoms. The van der Waals surface area contributed by atoms with Crippen molar-refractivity contribution in [2.45, 2.75) is 18.8 Å². The fraction of sp³-hybridized carbons (Fsp3) is 0.417. The average molecular weight is 233 g/mol. The van der Waals surface area contributed by atoms with Gasteiger partial charge in [-0.15, -0.1) is 0 Å². The molecule has 5 nitrogen and oxygen atoms in total. The number of nitrogens with zero attached hydrogens (tertiary/aromatic N) is 2. The number of methoxy groups -OCH3 is 1. The van der Waals surface area contributed by atoms with E-state index in [0.717, 1.165) is 18.5 Å². The lowest BCUT2D eigenvalue weighted by Gasteiger charge is -2.10. The standard InChI is InChI=1S/C12H15N3O2/c1-17-12(16)7-13-11-6-10(14-8-15-11)9-4-2-3-5-9/h2-3,6,8-9H,4-5,7H2,1H3,(H,13,14,15). The number of esters is 1. The highest BCUT2D eigenvalue weighted by Gasteiger charge is 2.14. The second-order valence-corrected chi connectivity index (χ2v) is 3.90. The number of carbonyl (C=O) groups is 1. The van der Waals surface area contributed by atoms with E-state index in [0.29, 0.717) is 11.7 Å². The minimum Gasteiger partial charge on any atom is -0.468 e. The lowest BCUT2D eigenvalue weighted by Crippen LogP contribution is -2.16. The summed E-state index contributed by atoms with van der Waals surface area (Å²) in [6.45, 7) is 0.121. The molecule has 17 heavy (non-hydrogen) atoms. The van der Waals surface area contributed by atoms with Crippen molar-refractivity contribution in [3.05, 3.63) is 30.2 Å². The molecule has 0 unspecified atom stereocenters. The number of carbonyl (C=O) groups excluding carboxylic acids is 1. The largest absolute Gasteiger partial charge is 0.468 e. The van der Waals surface area contributed by atoms with Gasteiger partial charge in [0, 0.05) is 17.7 Å². The van der Waals surface area contributed by atoms with Crippen LogP contribution in [0.4, 0.5) is 5.82 Å². The van der Waals surface area contributed by atoms with E-state index in [4.69, 9.17) is 0 Å². The van der Waals surface area contributed by atoms with Crippen LogP contribution in [-0.4, -0.2) is 29.6 Å². The van der Waals surface area contributed by atoms with Crippen molar-refractivity contribution in [2.24, 2.45) is 0 Å². The molecule has 0 aliphatic heterocycles. The van der Waals surface area contributed by atoms with Crippen molar-refractivity contribution in [2.75, 3.05) is 19.0 Å². The zero-order chi connectivity index (χ0) is 12.1. The van der Waals surface area contributed by atoms with Crippen molar-refractivity contribution in [1.82, 2.24) is 9.97 Å². The Bertz CT molecular complexity index is 424. The van der Waals surface area contributed by atoms with E-state index in [1.165, 1.54) is 13.4 Å². The molecule has 1 aromatic heterocycles. The second-order valence-electron chi connectivity index (χ2n) is 3.90. The number of ether oxygens (including phenoxy) is 1. The van der Waals surface area contributed by atoms with Crippen LogP contribution in [0.15, 0.2) is 24.5 Å². The third kappa shape index (κ3) is 3.03. The van der Waals surface area contributed by atoms with Gasteiger partial charge in [0.2, 0.25) is 0 Å². The summed E-state index contributed by atoms with van der Waals surface area (Å²) >= 11 is 0. The monoisotopic (exact) mass is 233 g/mol. The smallest absolute Gasteiger partial charge is 0.325 e. The maximum atomic E-state index is 11.0. The zero-order valence-electron chi connectivity index (χ0n) is 9.72. The van der Waals surface area contributed by atoms with Gasteiger partial charge in [0.25, 0.3) is 0 Å². The van der Waals surface area contributed by atoms with Crippen LogP contribution in [0.2, 0.25) is 0 Å². The van der Waals surface area contributed by atoms with Crippen LogP contribution in [-0.2, 0) is 9.53 Å². The first kappa shape index (κ1) is 11.6. The summed E-state index contributed by atoms with van der Waals surface area (Å²) in [5.41, 5.74) is 1.01. The van der Waals surface area contributed by atoms with Gasteiger partial charge in [0.1, 0.15) is 18.7 Å². The van der Waals surface area contributed by atoms with Gasteiger partial charge in [-0.1, -0.05) is 12.2 Å². The van der Waals surface area contributed by atoms with Crippen LogP contribution in [0.5, 0.6) is 0 Å². The Hall–Kier alpha value is -1.91. The van der Waals surface area contributed by atoms with Crippen molar-refractivity contribution < 1.29 is 9.53 Å². The minimum atomic E-state index is -0.312. The third-order valence-corrected chi connectivity index (χ3v) is 2.76. The molecule has 1 aromatic rings. The van der Waals surface area contributed by atoms with E-state index in [1.54, 1.807) is 0 Å². The molecule has 0 spiro atoms. The second kappa shape index (κ2) is 5.43. The Morgan fingerprint density at radius 1 is 1.47 bits per heavy atom. The predicted octanol–water partition coefficient (Wildman–Crippen LogP) is 1.50. The Kier molecular flexibility index (Phi) is 3.69. The van der Waals surface area contributed by atoms with E-state index < -0.39 is 0 Å². The number of hydrogen-bond acceptors (Lipinski definition) is 5. The van der Waals surface area contributed by atoms with Crippen LogP contribution in [0.25, 0.3) is 0 Å².